The summed E-state index contributed by atoms with van der Waals surface area (Å²) < 4.78 is 15.5. The van der Waals surface area contributed by atoms with Gasteiger partial charge in [0.15, 0.2) is 0 Å². The molecule has 0 aliphatic rings. The zero-order valence-corrected chi connectivity index (χ0v) is 13.7. The fraction of sp³-hybridized carbons (Fsp3) is 0.222. The Kier molecular flexibility index (Phi) is 5.22. The molecule has 0 amide bonds. The molecule has 2 N–H and O–H groups in total. The summed E-state index contributed by atoms with van der Waals surface area (Å²) in [5.41, 5.74) is 8.62. The molecule has 1 aromatic heterocycles. The predicted molar refractivity (Wildman–Crippen MR) is 92.2 cm³/mol. The van der Waals surface area contributed by atoms with Crippen molar-refractivity contribution in [3.05, 3.63) is 65.1 Å². The number of nitrogens with two attached hydrogens (primary N) is 1. The van der Waals surface area contributed by atoms with E-state index >= 15 is 0 Å². The van der Waals surface area contributed by atoms with Crippen LogP contribution in [-0.4, -0.2) is 4.57 Å². The Bertz CT molecular complexity index is 778. The smallest absolute Gasteiger partial charge is 0.125 e. The molecular formula is C18H20ClFN2. The number of aromatic nitrogens is 1. The monoisotopic (exact) mass is 318 g/mol. The maximum atomic E-state index is 13.5. The first-order chi connectivity index (χ1) is 10.6. The molecule has 1 unspecified atom stereocenters. The summed E-state index contributed by atoms with van der Waals surface area (Å²) in [6.07, 6.45) is 0. The molecule has 3 aromatic rings. The van der Waals surface area contributed by atoms with Crippen LogP contribution in [0.4, 0.5) is 4.39 Å². The fourth-order valence-corrected chi connectivity index (χ4v) is 2.68. The van der Waals surface area contributed by atoms with Crippen LogP contribution in [0, 0.1) is 5.82 Å². The minimum Gasteiger partial charge on any atom is -0.323 e. The van der Waals surface area contributed by atoms with Gasteiger partial charge < -0.3 is 10.3 Å². The van der Waals surface area contributed by atoms with Crippen LogP contribution in [0.25, 0.3) is 16.6 Å². The summed E-state index contributed by atoms with van der Waals surface area (Å²) in [6, 6.07) is 13.9. The van der Waals surface area contributed by atoms with Crippen molar-refractivity contribution < 1.29 is 4.39 Å². The Hall–Kier alpha value is -1.84. The molecule has 0 spiro atoms. The van der Waals surface area contributed by atoms with Gasteiger partial charge in [0.1, 0.15) is 5.82 Å². The molecule has 0 aliphatic carbocycles. The van der Waals surface area contributed by atoms with Crippen molar-refractivity contribution >= 4 is 22.5 Å². The lowest BCUT2D eigenvalue weighted by Crippen LogP contribution is -2.11. The van der Waals surface area contributed by atoms with E-state index in [-0.39, 0.29) is 11.9 Å². The lowest BCUT2D eigenvalue weighted by atomic mass is 10.2. The predicted octanol–water partition coefficient (Wildman–Crippen LogP) is 5.47. The zero-order chi connectivity index (χ0) is 16.3. The number of hydrogen-bond acceptors (Lipinski definition) is 1. The summed E-state index contributed by atoms with van der Waals surface area (Å²) in [4.78, 5) is 0. The van der Waals surface area contributed by atoms with Gasteiger partial charge in [0.05, 0.1) is 5.52 Å². The number of benzene rings is 2. The maximum absolute atomic E-state index is 13.5. The molecule has 0 aliphatic heterocycles. The highest BCUT2D eigenvalue weighted by Gasteiger charge is 2.15. The van der Waals surface area contributed by atoms with E-state index in [4.69, 9.17) is 17.3 Å². The van der Waals surface area contributed by atoms with Crippen LogP contribution in [0.2, 0.25) is 5.02 Å². The van der Waals surface area contributed by atoms with E-state index in [9.17, 15) is 4.39 Å². The number of halogens is 2. The molecule has 2 nitrogen and oxygen atoms in total. The van der Waals surface area contributed by atoms with Gasteiger partial charge in [-0.2, -0.15) is 0 Å². The zero-order valence-electron chi connectivity index (χ0n) is 13.0. The van der Waals surface area contributed by atoms with E-state index < -0.39 is 0 Å². The number of hydrogen-bond donors (Lipinski definition) is 1. The van der Waals surface area contributed by atoms with Crippen molar-refractivity contribution in [1.29, 1.82) is 0 Å². The van der Waals surface area contributed by atoms with Crippen molar-refractivity contribution in [2.45, 2.75) is 26.8 Å². The Morgan fingerprint density at radius 1 is 1.09 bits per heavy atom. The highest BCUT2D eigenvalue weighted by atomic mass is 35.5. The summed E-state index contributed by atoms with van der Waals surface area (Å²) >= 11 is 6.24. The Labute approximate surface area is 135 Å². The summed E-state index contributed by atoms with van der Waals surface area (Å²) in [7, 11) is 0. The topological polar surface area (TPSA) is 30.9 Å². The maximum Gasteiger partial charge on any atom is 0.125 e. The Morgan fingerprint density at radius 3 is 2.41 bits per heavy atom. The lowest BCUT2D eigenvalue weighted by Gasteiger charge is -2.13. The van der Waals surface area contributed by atoms with E-state index in [0.29, 0.717) is 5.02 Å². The molecule has 2 aromatic carbocycles. The van der Waals surface area contributed by atoms with Crippen molar-refractivity contribution in [2.24, 2.45) is 5.73 Å². The molecule has 3 rings (SSSR count). The normalized spacial score (nSPS) is 11.9. The van der Waals surface area contributed by atoms with E-state index in [2.05, 4.69) is 0 Å². The summed E-state index contributed by atoms with van der Waals surface area (Å²) in [6.45, 7) is 5.90. The van der Waals surface area contributed by atoms with Gasteiger partial charge in [-0.05, 0) is 43.3 Å². The van der Waals surface area contributed by atoms with Gasteiger partial charge in [0.2, 0.25) is 0 Å². The second kappa shape index (κ2) is 6.95. The first-order valence-corrected chi connectivity index (χ1v) is 7.77. The standard InChI is InChI=1S/C16H14ClFN2.C2H6/c1-10(19)16-9-13-14(17)6-3-7-15(13)20(16)12-5-2-4-11(18)8-12;1-2/h2-10H,19H2,1H3;1-2H3. The van der Waals surface area contributed by atoms with Crippen molar-refractivity contribution in [1.82, 2.24) is 4.57 Å². The van der Waals surface area contributed by atoms with E-state index in [1.807, 2.05) is 55.7 Å². The molecule has 4 heteroatoms. The second-order valence-corrected chi connectivity index (χ2v) is 5.25. The van der Waals surface area contributed by atoms with Crippen LogP contribution in [-0.2, 0) is 0 Å². The third-order valence-electron chi connectivity index (χ3n) is 3.35. The number of rotatable bonds is 2. The third kappa shape index (κ3) is 3.01. The molecule has 1 atom stereocenters. The second-order valence-electron chi connectivity index (χ2n) is 4.85. The summed E-state index contributed by atoms with van der Waals surface area (Å²) in [5.74, 6) is -0.276. The highest BCUT2D eigenvalue weighted by molar-refractivity contribution is 6.35. The van der Waals surface area contributed by atoms with Crippen LogP contribution < -0.4 is 5.73 Å². The number of nitrogens with zero attached hydrogens (tertiary/aromatic N) is 1. The SMILES string of the molecule is CC.CC(N)c1cc2c(Cl)cccc2n1-c1cccc(F)c1. The molecule has 0 radical (unpaired) electrons. The van der Waals surface area contributed by atoms with Crippen LogP contribution in [0.3, 0.4) is 0 Å². The van der Waals surface area contributed by atoms with Gasteiger partial charge in [-0.1, -0.05) is 37.6 Å². The molecule has 0 saturated carbocycles. The minimum atomic E-state index is -0.276. The molecule has 0 fully saturated rings. The molecule has 1 heterocycles. The number of fused-ring (bicyclic) bond motifs is 1. The third-order valence-corrected chi connectivity index (χ3v) is 3.68. The van der Waals surface area contributed by atoms with Crippen LogP contribution in [0.1, 0.15) is 32.5 Å². The minimum absolute atomic E-state index is 0.179. The van der Waals surface area contributed by atoms with Crippen LogP contribution >= 0.6 is 11.6 Å². The van der Waals surface area contributed by atoms with Gasteiger partial charge in [0, 0.05) is 27.8 Å². The van der Waals surface area contributed by atoms with Crippen molar-refractivity contribution in [2.75, 3.05) is 0 Å². The van der Waals surface area contributed by atoms with E-state index in [0.717, 1.165) is 22.3 Å². The van der Waals surface area contributed by atoms with Crippen LogP contribution in [0.5, 0.6) is 0 Å². The van der Waals surface area contributed by atoms with Gasteiger partial charge in [0.25, 0.3) is 0 Å². The molecule has 0 saturated heterocycles. The van der Waals surface area contributed by atoms with Crippen molar-refractivity contribution in [3.8, 4) is 5.69 Å². The van der Waals surface area contributed by atoms with Gasteiger partial charge in [-0.15, -0.1) is 0 Å². The largest absolute Gasteiger partial charge is 0.323 e. The lowest BCUT2D eigenvalue weighted by molar-refractivity contribution is 0.626. The van der Waals surface area contributed by atoms with E-state index in [1.165, 1.54) is 12.1 Å². The molecule has 116 valence electrons. The van der Waals surface area contributed by atoms with Gasteiger partial charge in [-0.25, -0.2) is 4.39 Å². The molecular weight excluding hydrogens is 299 g/mol. The first-order valence-electron chi connectivity index (χ1n) is 7.39. The average molecular weight is 319 g/mol. The van der Waals surface area contributed by atoms with Crippen LogP contribution in [0.15, 0.2) is 48.5 Å². The average Bonchev–Trinajstić information content (AvgIpc) is 2.90. The highest BCUT2D eigenvalue weighted by Crippen LogP contribution is 2.31. The Morgan fingerprint density at radius 2 is 1.77 bits per heavy atom. The summed E-state index contributed by atoms with van der Waals surface area (Å²) in [5, 5.41) is 1.59. The van der Waals surface area contributed by atoms with Crippen molar-refractivity contribution in [3.63, 3.8) is 0 Å². The van der Waals surface area contributed by atoms with Gasteiger partial charge in [-0.3, -0.25) is 0 Å². The Balaban J connectivity index is 0.000000847. The van der Waals surface area contributed by atoms with E-state index in [1.54, 1.807) is 6.07 Å². The quantitative estimate of drug-likeness (QED) is 0.667. The fourth-order valence-electron chi connectivity index (χ4n) is 2.45. The molecule has 22 heavy (non-hydrogen) atoms. The molecule has 0 bridgehead atoms. The first kappa shape index (κ1) is 16.5. The van der Waals surface area contributed by atoms with Gasteiger partial charge >= 0.3 is 0 Å².